The molecule has 0 radical (unpaired) electrons. The maximum Gasteiger partial charge on any atom is 0.328 e. The van der Waals surface area contributed by atoms with Crippen molar-refractivity contribution in [2.75, 3.05) is 7.11 Å². The number of hydrogen-bond acceptors (Lipinski definition) is 7. The molecule has 4 aromatic rings. The summed E-state index contributed by atoms with van der Waals surface area (Å²) in [6, 6.07) is 8.77. The fourth-order valence-electron chi connectivity index (χ4n) is 2.62. The van der Waals surface area contributed by atoms with Crippen molar-refractivity contribution in [2.24, 2.45) is 0 Å². The zero-order valence-electron chi connectivity index (χ0n) is 13.4. The van der Waals surface area contributed by atoms with E-state index in [4.69, 9.17) is 4.74 Å². The minimum atomic E-state index is -0.810. The highest BCUT2D eigenvalue weighted by molar-refractivity contribution is 5.72. The van der Waals surface area contributed by atoms with E-state index in [0.29, 0.717) is 11.4 Å². The van der Waals surface area contributed by atoms with Crippen LogP contribution in [0.4, 0.5) is 0 Å². The number of hydrogen-bond donors (Lipinski definition) is 3. The first kappa shape index (κ1) is 15.6. The second kappa shape index (κ2) is 5.84. The number of nitrogens with one attached hydrogen (secondary N) is 2. The molecule has 4 rings (SSSR count). The van der Waals surface area contributed by atoms with Gasteiger partial charge in [0, 0.05) is 5.56 Å². The van der Waals surface area contributed by atoms with Gasteiger partial charge in [0.25, 0.3) is 11.3 Å². The van der Waals surface area contributed by atoms with Gasteiger partial charge in [-0.15, -0.1) is 0 Å². The van der Waals surface area contributed by atoms with Crippen LogP contribution in [-0.2, 0) is 0 Å². The lowest BCUT2D eigenvalue weighted by Crippen LogP contribution is -2.23. The summed E-state index contributed by atoms with van der Waals surface area (Å²) in [4.78, 5) is 35.9. The van der Waals surface area contributed by atoms with E-state index in [1.54, 1.807) is 25.3 Å². The number of rotatable bonds is 3. The number of methoxy groups -OCH3 is 1. The molecule has 130 valence electrons. The molecular formula is C16H12N6O4. The van der Waals surface area contributed by atoms with E-state index in [1.807, 2.05) is 12.1 Å². The van der Waals surface area contributed by atoms with Gasteiger partial charge in [-0.2, -0.15) is 14.6 Å². The van der Waals surface area contributed by atoms with Gasteiger partial charge in [0.05, 0.1) is 18.5 Å². The van der Waals surface area contributed by atoms with Crippen LogP contribution in [-0.4, -0.2) is 41.8 Å². The molecule has 10 heteroatoms. The number of aromatic hydroxyl groups is 1. The SMILES string of the molecule is COc1ccc(-c2cc(-c3c(O)[nH]c(=O)[nH]c3=O)nc3ncnn23)cc1. The molecule has 1 aromatic carbocycles. The molecular weight excluding hydrogens is 340 g/mol. The summed E-state index contributed by atoms with van der Waals surface area (Å²) in [5.74, 6) is 0.349. The largest absolute Gasteiger partial charge is 0.497 e. The first-order valence-corrected chi connectivity index (χ1v) is 7.48. The molecule has 0 amide bonds. The molecule has 3 heterocycles. The molecule has 0 bridgehead atoms. The standard InChI is InChI=1S/C16H12N6O4/c1-26-9-4-2-8(3-5-9)11-6-10(19-15-17-7-18-22(11)15)12-13(23)20-16(25)21-14(12)24/h2-7H,1H3,(H3,20,21,23,24,25). The van der Waals surface area contributed by atoms with E-state index in [9.17, 15) is 14.7 Å². The number of ether oxygens (including phenoxy) is 1. The lowest BCUT2D eigenvalue weighted by atomic mass is 10.1. The normalized spacial score (nSPS) is 11.0. The lowest BCUT2D eigenvalue weighted by Gasteiger charge is -2.08. The molecule has 3 N–H and O–H groups in total. The van der Waals surface area contributed by atoms with Crippen LogP contribution in [0.3, 0.4) is 0 Å². The second-order valence-corrected chi connectivity index (χ2v) is 5.36. The summed E-state index contributed by atoms with van der Waals surface area (Å²) in [7, 11) is 1.57. The van der Waals surface area contributed by atoms with Gasteiger partial charge in [-0.05, 0) is 30.3 Å². The Morgan fingerprint density at radius 3 is 2.62 bits per heavy atom. The smallest absolute Gasteiger partial charge is 0.328 e. The summed E-state index contributed by atoms with van der Waals surface area (Å²) >= 11 is 0. The molecule has 0 saturated carbocycles. The summed E-state index contributed by atoms with van der Waals surface area (Å²) in [6.45, 7) is 0. The molecule has 10 nitrogen and oxygen atoms in total. The molecule has 3 aromatic heterocycles. The Hall–Kier alpha value is -3.95. The van der Waals surface area contributed by atoms with Gasteiger partial charge in [-0.25, -0.2) is 9.78 Å². The van der Waals surface area contributed by atoms with Crippen LogP contribution in [0.25, 0.3) is 28.3 Å². The zero-order valence-corrected chi connectivity index (χ0v) is 13.4. The minimum Gasteiger partial charge on any atom is -0.497 e. The second-order valence-electron chi connectivity index (χ2n) is 5.36. The Morgan fingerprint density at radius 1 is 1.15 bits per heavy atom. The number of nitrogens with zero attached hydrogens (tertiary/aromatic N) is 4. The van der Waals surface area contributed by atoms with Crippen molar-refractivity contribution >= 4 is 5.78 Å². The van der Waals surface area contributed by atoms with Crippen LogP contribution < -0.4 is 16.0 Å². The molecule has 26 heavy (non-hydrogen) atoms. The van der Waals surface area contributed by atoms with Crippen LogP contribution in [0.1, 0.15) is 0 Å². The molecule has 0 saturated heterocycles. The third-order valence-corrected chi connectivity index (χ3v) is 3.82. The van der Waals surface area contributed by atoms with Crippen molar-refractivity contribution in [2.45, 2.75) is 0 Å². The molecule has 0 atom stereocenters. The quantitative estimate of drug-likeness (QED) is 0.489. The maximum absolute atomic E-state index is 12.1. The van der Waals surface area contributed by atoms with Gasteiger partial charge in [-0.1, -0.05) is 0 Å². The minimum absolute atomic E-state index is 0.145. The maximum atomic E-state index is 12.1. The van der Waals surface area contributed by atoms with E-state index in [0.717, 1.165) is 5.56 Å². The first-order valence-electron chi connectivity index (χ1n) is 7.48. The average molecular weight is 352 g/mol. The topological polar surface area (TPSA) is 138 Å². The molecule has 0 aliphatic heterocycles. The highest BCUT2D eigenvalue weighted by Gasteiger charge is 2.17. The molecule has 0 unspecified atom stereocenters. The third kappa shape index (κ3) is 2.49. The van der Waals surface area contributed by atoms with Gasteiger partial charge in [0.2, 0.25) is 5.88 Å². The van der Waals surface area contributed by atoms with E-state index in [2.05, 4.69) is 25.0 Å². The average Bonchev–Trinajstić information content (AvgIpc) is 3.09. The molecule has 0 spiro atoms. The van der Waals surface area contributed by atoms with Crippen LogP contribution in [0, 0.1) is 0 Å². The lowest BCUT2D eigenvalue weighted by molar-refractivity contribution is 0.415. The van der Waals surface area contributed by atoms with Crippen molar-refractivity contribution in [1.82, 2.24) is 29.5 Å². The van der Waals surface area contributed by atoms with Crippen LogP contribution >= 0.6 is 0 Å². The Labute approximate surface area is 144 Å². The van der Waals surface area contributed by atoms with E-state index in [1.165, 1.54) is 10.8 Å². The summed E-state index contributed by atoms with van der Waals surface area (Å²) in [5, 5.41) is 14.1. The number of aromatic amines is 2. The van der Waals surface area contributed by atoms with Crippen molar-refractivity contribution in [3.05, 3.63) is 57.5 Å². The number of H-pyrrole nitrogens is 2. The zero-order chi connectivity index (χ0) is 18.3. The third-order valence-electron chi connectivity index (χ3n) is 3.82. The molecule has 0 aliphatic rings. The van der Waals surface area contributed by atoms with Crippen molar-refractivity contribution < 1.29 is 9.84 Å². The van der Waals surface area contributed by atoms with E-state index >= 15 is 0 Å². The number of fused-ring (bicyclic) bond motifs is 1. The fourth-order valence-corrected chi connectivity index (χ4v) is 2.62. The highest BCUT2D eigenvalue weighted by atomic mass is 16.5. The fraction of sp³-hybridized carbons (Fsp3) is 0.0625. The number of aromatic nitrogens is 6. The Balaban J connectivity index is 1.99. The highest BCUT2D eigenvalue weighted by Crippen LogP contribution is 2.27. The summed E-state index contributed by atoms with van der Waals surface area (Å²) < 4.78 is 6.66. The predicted molar refractivity (Wildman–Crippen MR) is 91.1 cm³/mol. The number of benzene rings is 1. The predicted octanol–water partition coefficient (Wildman–Crippen LogP) is 0.549. The first-order chi connectivity index (χ1) is 12.6. The van der Waals surface area contributed by atoms with Crippen LogP contribution in [0.5, 0.6) is 11.6 Å². The summed E-state index contributed by atoms with van der Waals surface area (Å²) in [6.07, 6.45) is 1.33. The van der Waals surface area contributed by atoms with Crippen molar-refractivity contribution in [3.63, 3.8) is 0 Å². The van der Waals surface area contributed by atoms with Crippen molar-refractivity contribution in [1.29, 1.82) is 0 Å². The Bertz CT molecular complexity index is 1220. The van der Waals surface area contributed by atoms with E-state index < -0.39 is 17.1 Å². The van der Waals surface area contributed by atoms with Gasteiger partial charge in [-0.3, -0.25) is 14.8 Å². The van der Waals surface area contributed by atoms with Gasteiger partial charge in [0.1, 0.15) is 17.6 Å². The van der Waals surface area contributed by atoms with Gasteiger partial charge < -0.3 is 9.84 Å². The Morgan fingerprint density at radius 2 is 1.92 bits per heavy atom. The molecule has 0 aliphatic carbocycles. The van der Waals surface area contributed by atoms with Crippen molar-refractivity contribution in [3.8, 4) is 34.1 Å². The summed E-state index contributed by atoms with van der Waals surface area (Å²) in [5.41, 5.74) is -0.227. The van der Waals surface area contributed by atoms with E-state index in [-0.39, 0.29) is 17.0 Å². The molecule has 0 fully saturated rings. The van der Waals surface area contributed by atoms with Gasteiger partial charge >= 0.3 is 5.69 Å². The van der Waals surface area contributed by atoms with Crippen LogP contribution in [0.15, 0.2) is 46.2 Å². The monoisotopic (exact) mass is 352 g/mol. The van der Waals surface area contributed by atoms with Gasteiger partial charge in [0.15, 0.2) is 0 Å². The van der Waals surface area contributed by atoms with Crippen LogP contribution in [0.2, 0.25) is 0 Å². The Kier molecular flexibility index (Phi) is 3.50.